The molecule has 2 N–H and O–H groups in total. The SMILES string of the molecule is CN1CCC(CN(C)CC2CCCCC2N)C1. The van der Waals surface area contributed by atoms with Crippen LogP contribution in [0.15, 0.2) is 0 Å². The molecule has 2 rings (SSSR count). The minimum atomic E-state index is 0.456. The van der Waals surface area contributed by atoms with Crippen LogP contribution in [-0.2, 0) is 0 Å². The lowest BCUT2D eigenvalue weighted by Crippen LogP contribution is -2.41. The summed E-state index contributed by atoms with van der Waals surface area (Å²) in [6, 6.07) is 0.456. The first-order chi connectivity index (χ1) is 8.15. The molecule has 3 nitrogen and oxygen atoms in total. The summed E-state index contributed by atoms with van der Waals surface area (Å²) in [5.74, 6) is 1.62. The van der Waals surface area contributed by atoms with E-state index in [2.05, 4.69) is 23.9 Å². The van der Waals surface area contributed by atoms with Gasteiger partial charge in [-0.2, -0.15) is 0 Å². The maximum absolute atomic E-state index is 6.22. The lowest BCUT2D eigenvalue weighted by atomic mass is 9.84. The molecular weight excluding hydrogens is 210 g/mol. The molecule has 2 fully saturated rings. The Hall–Kier alpha value is -0.120. The van der Waals surface area contributed by atoms with Gasteiger partial charge in [-0.25, -0.2) is 0 Å². The van der Waals surface area contributed by atoms with Crippen LogP contribution in [-0.4, -0.2) is 56.1 Å². The largest absolute Gasteiger partial charge is 0.327 e. The molecule has 1 saturated heterocycles. The maximum atomic E-state index is 6.22. The van der Waals surface area contributed by atoms with E-state index in [0.717, 1.165) is 11.8 Å². The van der Waals surface area contributed by atoms with Crippen molar-refractivity contribution in [2.24, 2.45) is 17.6 Å². The van der Waals surface area contributed by atoms with Gasteiger partial charge in [0.25, 0.3) is 0 Å². The summed E-state index contributed by atoms with van der Waals surface area (Å²) >= 11 is 0. The lowest BCUT2D eigenvalue weighted by molar-refractivity contribution is 0.191. The van der Waals surface area contributed by atoms with E-state index in [1.807, 2.05) is 0 Å². The van der Waals surface area contributed by atoms with E-state index in [1.165, 1.54) is 58.3 Å². The van der Waals surface area contributed by atoms with Gasteiger partial charge in [0.2, 0.25) is 0 Å². The van der Waals surface area contributed by atoms with Crippen molar-refractivity contribution in [2.45, 2.75) is 38.1 Å². The lowest BCUT2D eigenvalue weighted by Gasteiger charge is -2.32. The van der Waals surface area contributed by atoms with Crippen molar-refractivity contribution < 1.29 is 0 Å². The molecule has 0 aromatic rings. The van der Waals surface area contributed by atoms with Crippen LogP contribution in [0.3, 0.4) is 0 Å². The second kappa shape index (κ2) is 6.17. The normalized spacial score (nSPS) is 35.6. The second-order valence-corrected chi connectivity index (χ2v) is 6.35. The predicted octanol–water partition coefficient (Wildman–Crippen LogP) is 1.39. The van der Waals surface area contributed by atoms with E-state index in [1.54, 1.807) is 0 Å². The van der Waals surface area contributed by atoms with Crippen LogP contribution >= 0.6 is 0 Å². The molecule has 2 aliphatic rings. The van der Waals surface area contributed by atoms with Gasteiger partial charge in [0.05, 0.1) is 0 Å². The van der Waals surface area contributed by atoms with Crippen molar-refractivity contribution in [1.29, 1.82) is 0 Å². The summed E-state index contributed by atoms with van der Waals surface area (Å²) in [4.78, 5) is 4.98. The van der Waals surface area contributed by atoms with Crippen molar-refractivity contribution in [3.05, 3.63) is 0 Å². The molecule has 0 aromatic heterocycles. The average molecular weight is 239 g/mol. The van der Waals surface area contributed by atoms with Crippen LogP contribution in [0.2, 0.25) is 0 Å². The zero-order valence-corrected chi connectivity index (χ0v) is 11.6. The molecule has 1 aliphatic heterocycles. The maximum Gasteiger partial charge on any atom is 0.00793 e. The van der Waals surface area contributed by atoms with Gasteiger partial charge in [-0.1, -0.05) is 12.8 Å². The van der Waals surface area contributed by atoms with Gasteiger partial charge in [0.1, 0.15) is 0 Å². The summed E-state index contributed by atoms with van der Waals surface area (Å²) in [5, 5.41) is 0. The third-order valence-corrected chi connectivity index (χ3v) is 4.57. The molecular formula is C14H29N3. The Bertz CT molecular complexity index is 232. The number of likely N-dealkylation sites (tertiary alicyclic amines) is 1. The molecule has 3 unspecified atom stereocenters. The van der Waals surface area contributed by atoms with E-state index < -0.39 is 0 Å². The second-order valence-electron chi connectivity index (χ2n) is 6.35. The third kappa shape index (κ3) is 3.94. The van der Waals surface area contributed by atoms with E-state index in [4.69, 9.17) is 5.73 Å². The third-order valence-electron chi connectivity index (χ3n) is 4.57. The van der Waals surface area contributed by atoms with Crippen molar-refractivity contribution in [2.75, 3.05) is 40.3 Å². The zero-order valence-electron chi connectivity index (χ0n) is 11.6. The van der Waals surface area contributed by atoms with Crippen molar-refractivity contribution >= 4 is 0 Å². The Morgan fingerprint density at radius 2 is 1.94 bits per heavy atom. The van der Waals surface area contributed by atoms with Gasteiger partial charge in [-0.15, -0.1) is 0 Å². The number of nitrogens with two attached hydrogens (primary N) is 1. The fraction of sp³-hybridized carbons (Fsp3) is 1.00. The van der Waals surface area contributed by atoms with Crippen molar-refractivity contribution in [3.63, 3.8) is 0 Å². The van der Waals surface area contributed by atoms with Gasteiger partial charge >= 0.3 is 0 Å². The predicted molar refractivity (Wildman–Crippen MR) is 73.0 cm³/mol. The van der Waals surface area contributed by atoms with Gasteiger partial charge in [-0.05, 0) is 51.7 Å². The molecule has 3 heteroatoms. The first kappa shape index (κ1) is 13.3. The van der Waals surface area contributed by atoms with Crippen molar-refractivity contribution in [3.8, 4) is 0 Å². The highest BCUT2D eigenvalue weighted by Crippen LogP contribution is 2.24. The fourth-order valence-electron chi connectivity index (χ4n) is 3.55. The highest BCUT2D eigenvalue weighted by molar-refractivity contribution is 4.81. The van der Waals surface area contributed by atoms with E-state index in [0.29, 0.717) is 6.04 Å². The molecule has 100 valence electrons. The number of hydrogen-bond acceptors (Lipinski definition) is 3. The minimum Gasteiger partial charge on any atom is -0.327 e. The first-order valence-corrected chi connectivity index (χ1v) is 7.28. The number of rotatable bonds is 4. The molecule has 0 radical (unpaired) electrons. The Kier molecular flexibility index (Phi) is 4.83. The molecule has 17 heavy (non-hydrogen) atoms. The highest BCUT2D eigenvalue weighted by atomic mass is 15.1. The summed E-state index contributed by atoms with van der Waals surface area (Å²) in [7, 11) is 4.51. The molecule has 0 bridgehead atoms. The molecule has 0 spiro atoms. The highest BCUT2D eigenvalue weighted by Gasteiger charge is 2.25. The van der Waals surface area contributed by atoms with Gasteiger partial charge in [-0.3, -0.25) is 0 Å². The topological polar surface area (TPSA) is 32.5 Å². The molecule has 1 heterocycles. The number of nitrogens with zero attached hydrogens (tertiary/aromatic N) is 2. The summed E-state index contributed by atoms with van der Waals surface area (Å²) < 4.78 is 0. The van der Waals surface area contributed by atoms with Crippen LogP contribution in [0.5, 0.6) is 0 Å². The van der Waals surface area contributed by atoms with E-state index in [9.17, 15) is 0 Å². The quantitative estimate of drug-likeness (QED) is 0.804. The Balaban J connectivity index is 1.70. The summed E-state index contributed by atoms with van der Waals surface area (Å²) in [5.41, 5.74) is 6.22. The monoisotopic (exact) mass is 239 g/mol. The molecule has 3 atom stereocenters. The summed E-state index contributed by atoms with van der Waals surface area (Å²) in [6.07, 6.45) is 6.69. The van der Waals surface area contributed by atoms with E-state index in [-0.39, 0.29) is 0 Å². The van der Waals surface area contributed by atoms with Crippen LogP contribution in [0.25, 0.3) is 0 Å². The zero-order chi connectivity index (χ0) is 12.3. The van der Waals surface area contributed by atoms with Gasteiger partial charge in [0, 0.05) is 25.7 Å². The van der Waals surface area contributed by atoms with Crippen LogP contribution in [0, 0.1) is 11.8 Å². The molecule has 1 saturated carbocycles. The van der Waals surface area contributed by atoms with Gasteiger partial charge in [0.15, 0.2) is 0 Å². The van der Waals surface area contributed by atoms with Crippen LogP contribution in [0.1, 0.15) is 32.1 Å². The Morgan fingerprint density at radius 3 is 2.59 bits per heavy atom. The Morgan fingerprint density at radius 1 is 1.18 bits per heavy atom. The van der Waals surface area contributed by atoms with Crippen molar-refractivity contribution in [1.82, 2.24) is 9.80 Å². The summed E-state index contributed by atoms with van der Waals surface area (Å²) in [6.45, 7) is 5.03. The van der Waals surface area contributed by atoms with Crippen LogP contribution < -0.4 is 5.73 Å². The molecule has 1 aliphatic carbocycles. The fourth-order valence-corrected chi connectivity index (χ4v) is 3.55. The smallest absolute Gasteiger partial charge is 0.00793 e. The molecule has 0 aromatic carbocycles. The van der Waals surface area contributed by atoms with Gasteiger partial charge < -0.3 is 15.5 Å². The average Bonchev–Trinajstić information content (AvgIpc) is 2.67. The van der Waals surface area contributed by atoms with E-state index >= 15 is 0 Å². The van der Waals surface area contributed by atoms with Crippen LogP contribution in [0.4, 0.5) is 0 Å². The minimum absolute atomic E-state index is 0.456. The number of hydrogen-bond donors (Lipinski definition) is 1. The standard InChI is InChI=1S/C14H29N3/c1-16-8-7-12(9-16)10-17(2)11-13-5-3-4-6-14(13)15/h12-14H,3-11,15H2,1-2H3. The first-order valence-electron chi connectivity index (χ1n) is 7.28. The Labute approximate surface area is 106 Å². The molecule has 0 amide bonds.